The maximum absolute atomic E-state index is 10.6. The van der Waals surface area contributed by atoms with Crippen LogP contribution in [-0.2, 0) is 9.53 Å². The Hall–Kier alpha value is -0.440. The number of alkyl halides is 2. The Morgan fingerprint density at radius 2 is 2.18 bits per heavy atom. The minimum atomic E-state index is -0.739. The fourth-order valence-corrected chi connectivity index (χ4v) is 1.18. The lowest BCUT2D eigenvalue weighted by Crippen LogP contribution is -2.24. The normalized spacial score (nSPS) is 17.6. The Morgan fingerprint density at radius 3 is 2.59 bits per heavy atom. The van der Waals surface area contributed by atoms with Crippen LogP contribution in [0.25, 0.3) is 0 Å². The van der Waals surface area contributed by atoms with Gasteiger partial charge in [0.15, 0.2) is 0 Å². The number of hydrogen-bond acceptors (Lipinski definition) is 2. The van der Waals surface area contributed by atoms with Gasteiger partial charge in [-0.05, 0) is 6.92 Å². The second kappa shape index (κ2) is 7.80. The summed E-state index contributed by atoms with van der Waals surface area (Å²) in [6, 6.07) is 0. The van der Waals surface area contributed by atoms with Gasteiger partial charge in [-0.2, -0.15) is 0 Å². The highest BCUT2D eigenvalue weighted by Gasteiger charge is 2.24. The van der Waals surface area contributed by atoms with Crippen molar-refractivity contribution in [1.29, 1.82) is 0 Å². The van der Waals surface area contributed by atoms with Crippen LogP contribution < -0.4 is 0 Å². The van der Waals surface area contributed by atoms with Crippen LogP contribution in [0.4, 0.5) is 0 Å². The average molecular weight is 298 g/mol. The van der Waals surface area contributed by atoms with E-state index in [4.69, 9.17) is 39.5 Å². The molecule has 0 N–H and O–H groups in total. The highest BCUT2D eigenvalue weighted by molar-refractivity contribution is 6.34. The number of halogens is 3. The van der Waals surface area contributed by atoms with Gasteiger partial charge in [0.1, 0.15) is 6.61 Å². The number of ether oxygens (including phenoxy) is 1. The van der Waals surface area contributed by atoms with E-state index in [1.165, 1.54) is 12.5 Å². The van der Waals surface area contributed by atoms with Gasteiger partial charge >= 0.3 is 5.97 Å². The van der Waals surface area contributed by atoms with E-state index in [0.29, 0.717) is 5.57 Å². The van der Waals surface area contributed by atoms with Crippen LogP contribution in [0.3, 0.4) is 0 Å². The molecule has 0 fully saturated rings. The Balaban J connectivity index is 4.48. The molecule has 0 aromatic rings. The smallest absolute Gasteiger partial charge is 0.302 e. The molecule has 0 amide bonds. The van der Waals surface area contributed by atoms with E-state index in [1.807, 2.05) is 0 Å². The van der Waals surface area contributed by atoms with E-state index in [-0.39, 0.29) is 12.6 Å². The lowest BCUT2D eigenvalue weighted by Gasteiger charge is -2.20. The molecule has 0 unspecified atom stereocenters. The van der Waals surface area contributed by atoms with Gasteiger partial charge in [0.05, 0.1) is 10.3 Å². The molecule has 0 aromatic carbocycles. The molecule has 0 saturated heterocycles. The summed E-state index contributed by atoms with van der Waals surface area (Å²) in [5.74, 6) is -0.370. The first-order valence-corrected chi connectivity index (χ1v) is 6.16. The standard InChI is InChI=1S/C12H15Cl3O2/c1-4-12(3,15)11(14)6-5-10(7-13)8-17-9(2)16/h4-7,11H,1,8H2,2-3H3/b6-5+,10-7+/t11-,12-/m0/s1. The van der Waals surface area contributed by atoms with Crippen molar-refractivity contribution < 1.29 is 9.53 Å². The van der Waals surface area contributed by atoms with Gasteiger partial charge in [-0.3, -0.25) is 4.79 Å². The van der Waals surface area contributed by atoms with E-state index in [9.17, 15) is 4.79 Å². The number of allylic oxidation sites excluding steroid dienone is 2. The third kappa shape index (κ3) is 6.77. The quantitative estimate of drug-likeness (QED) is 0.320. The van der Waals surface area contributed by atoms with Gasteiger partial charge in [0.25, 0.3) is 0 Å². The highest BCUT2D eigenvalue weighted by atomic mass is 35.5. The Morgan fingerprint density at radius 1 is 1.59 bits per heavy atom. The molecule has 0 aliphatic rings. The third-order valence-corrected chi connectivity index (χ3v) is 3.38. The van der Waals surface area contributed by atoms with Crippen LogP contribution in [0.15, 0.2) is 35.9 Å². The Bertz CT molecular complexity index is 333. The molecule has 0 bridgehead atoms. The lowest BCUT2D eigenvalue weighted by molar-refractivity contribution is -0.139. The van der Waals surface area contributed by atoms with E-state index in [1.54, 1.807) is 25.2 Å². The summed E-state index contributed by atoms with van der Waals surface area (Å²) in [6.45, 7) is 6.78. The molecule has 2 nitrogen and oxygen atoms in total. The maximum atomic E-state index is 10.6. The summed E-state index contributed by atoms with van der Waals surface area (Å²) >= 11 is 17.7. The van der Waals surface area contributed by atoms with Gasteiger partial charge in [0.2, 0.25) is 0 Å². The molecular weight excluding hydrogens is 282 g/mol. The number of esters is 1. The van der Waals surface area contributed by atoms with Gasteiger partial charge in [-0.25, -0.2) is 0 Å². The van der Waals surface area contributed by atoms with Gasteiger partial charge in [-0.15, -0.1) is 29.8 Å². The summed E-state index contributed by atoms with van der Waals surface area (Å²) in [5, 5.41) is -0.439. The first-order valence-electron chi connectivity index (χ1n) is 4.91. The predicted octanol–water partition coefficient (Wildman–Crippen LogP) is 4.02. The molecule has 17 heavy (non-hydrogen) atoms. The number of rotatable bonds is 6. The van der Waals surface area contributed by atoms with E-state index in [2.05, 4.69) is 6.58 Å². The lowest BCUT2D eigenvalue weighted by atomic mass is 10.1. The van der Waals surface area contributed by atoms with Crippen molar-refractivity contribution in [3.05, 3.63) is 35.9 Å². The number of carbonyl (C=O) groups is 1. The molecule has 0 rings (SSSR count). The van der Waals surface area contributed by atoms with Crippen molar-refractivity contribution in [1.82, 2.24) is 0 Å². The molecule has 0 aromatic heterocycles. The van der Waals surface area contributed by atoms with Crippen LogP contribution in [-0.4, -0.2) is 22.8 Å². The molecule has 0 heterocycles. The van der Waals surface area contributed by atoms with Crippen molar-refractivity contribution in [2.75, 3.05) is 6.61 Å². The second-order valence-corrected chi connectivity index (χ2v) is 5.08. The van der Waals surface area contributed by atoms with Crippen LogP contribution in [0.5, 0.6) is 0 Å². The summed E-state index contributed by atoms with van der Waals surface area (Å²) in [5.41, 5.74) is 1.95. The van der Waals surface area contributed by atoms with E-state index < -0.39 is 10.3 Å². The Kier molecular flexibility index (Phi) is 7.60. The van der Waals surface area contributed by atoms with Crippen molar-refractivity contribution in [2.24, 2.45) is 0 Å². The second-order valence-electron chi connectivity index (χ2n) is 3.58. The zero-order valence-corrected chi connectivity index (χ0v) is 12.0. The zero-order chi connectivity index (χ0) is 13.5. The van der Waals surface area contributed by atoms with Crippen LogP contribution >= 0.6 is 34.8 Å². The van der Waals surface area contributed by atoms with Crippen LogP contribution in [0.2, 0.25) is 0 Å². The van der Waals surface area contributed by atoms with Crippen molar-refractivity contribution in [3.63, 3.8) is 0 Å². The maximum Gasteiger partial charge on any atom is 0.302 e. The molecule has 5 heteroatoms. The molecule has 0 radical (unpaired) electrons. The first kappa shape index (κ1) is 16.6. The first-order chi connectivity index (χ1) is 7.83. The van der Waals surface area contributed by atoms with E-state index in [0.717, 1.165) is 0 Å². The van der Waals surface area contributed by atoms with Gasteiger partial charge < -0.3 is 4.74 Å². The SMILES string of the molecule is C=C[C@](C)(Cl)[C@@H](Cl)/C=C/C(=C\Cl)COC(C)=O. The molecule has 0 aliphatic heterocycles. The topological polar surface area (TPSA) is 26.3 Å². The highest BCUT2D eigenvalue weighted by Crippen LogP contribution is 2.26. The molecule has 96 valence electrons. The summed E-state index contributed by atoms with van der Waals surface area (Å²) < 4.78 is 4.80. The fraction of sp³-hybridized carbons (Fsp3) is 0.417. The van der Waals surface area contributed by atoms with Crippen molar-refractivity contribution >= 4 is 40.8 Å². The minimum Gasteiger partial charge on any atom is -0.461 e. The number of carbonyl (C=O) groups excluding carboxylic acids is 1. The van der Waals surface area contributed by atoms with E-state index >= 15 is 0 Å². The molecular formula is C12H15Cl3O2. The van der Waals surface area contributed by atoms with Gasteiger partial charge in [-0.1, -0.05) is 29.8 Å². The zero-order valence-electron chi connectivity index (χ0n) is 9.75. The van der Waals surface area contributed by atoms with Crippen molar-refractivity contribution in [3.8, 4) is 0 Å². The van der Waals surface area contributed by atoms with Crippen LogP contribution in [0, 0.1) is 0 Å². The average Bonchev–Trinajstić information content (AvgIpc) is 2.28. The van der Waals surface area contributed by atoms with Crippen LogP contribution in [0.1, 0.15) is 13.8 Å². The summed E-state index contributed by atoms with van der Waals surface area (Å²) in [4.78, 5) is 9.89. The monoisotopic (exact) mass is 296 g/mol. The van der Waals surface area contributed by atoms with Crippen molar-refractivity contribution in [2.45, 2.75) is 24.1 Å². The third-order valence-electron chi connectivity index (χ3n) is 2.00. The summed E-state index contributed by atoms with van der Waals surface area (Å²) in [6.07, 6.45) is 4.90. The minimum absolute atomic E-state index is 0.103. The molecule has 2 atom stereocenters. The predicted molar refractivity (Wildman–Crippen MR) is 73.8 cm³/mol. The fourth-order valence-electron chi connectivity index (χ4n) is 0.810. The largest absolute Gasteiger partial charge is 0.461 e. The Labute approximate surface area is 117 Å². The van der Waals surface area contributed by atoms with Gasteiger partial charge in [0, 0.05) is 18.0 Å². The molecule has 0 spiro atoms. The molecule has 0 aliphatic carbocycles. The molecule has 0 saturated carbocycles. The number of hydrogen-bond donors (Lipinski definition) is 0. The summed E-state index contributed by atoms with van der Waals surface area (Å²) in [7, 11) is 0.